The van der Waals surface area contributed by atoms with Gasteiger partial charge in [-0.15, -0.1) is 10.2 Å². The monoisotopic (exact) mass is 511 g/mol. The molecule has 0 aliphatic heterocycles. The van der Waals surface area contributed by atoms with Crippen LogP contribution in [0.1, 0.15) is 5.56 Å². The van der Waals surface area contributed by atoms with Crippen molar-refractivity contribution in [2.24, 2.45) is 0 Å². The number of non-ortho nitro benzene ring substituents is 1. The highest BCUT2D eigenvalue weighted by Gasteiger charge is 2.20. The van der Waals surface area contributed by atoms with Gasteiger partial charge in [-0.05, 0) is 47.5 Å². The maximum atomic E-state index is 12.7. The summed E-state index contributed by atoms with van der Waals surface area (Å²) in [7, 11) is 0. The van der Waals surface area contributed by atoms with E-state index >= 15 is 0 Å². The molecule has 5 rings (SSSR count). The number of nitro benzene ring substituents is 1. The number of fused-ring (bicyclic) bond motifs is 1. The zero-order valence-electron chi connectivity index (χ0n) is 19.7. The van der Waals surface area contributed by atoms with Crippen LogP contribution < -0.4 is 5.32 Å². The molecule has 4 aromatic carbocycles. The quantitative estimate of drug-likeness (QED) is 0.162. The summed E-state index contributed by atoms with van der Waals surface area (Å²) in [5.74, 6) is 0.161. The van der Waals surface area contributed by atoms with Crippen LogP contribution in [0.15, 0.2) is 90.1 Å². The molecule has 0 atom stereocenters. The number of hydrogen-bond donors (Lipinski definition) is 2. The first kappa shape index (κ1) is 24.0. The van der Waals surface area contributed by atoms with E-state index in [1.54, 1.807) is 23.6 Å². The Morgan fingerprint density at radius 3 is 2.43 bits per heavy atom. The lowest BCUT2D eigenvalue weighted by Gasteiger charge is -2.12. The summed E-state index contributed by atoms with van der Waals surface area (Å²) in [6.07, 6.45) is 0. The number of para-hydroxylation sites is 1. The number of aromatic nitrogens is 3. The van der Waals surface area contributed by atoms with Crippen molar-refractivity contribution >= 4 is 39.8 Å². The first-order valence-corrected chi connectivity index (χ1v) is 12.3. The van der Waals surface area contributed by atoms with E-state index in [4.69, 9.17) is 0 Å². The molecule has 1 aromatic heterocycles. The van der Waals surface area contributed by atoms with Gasteiger partial charge in [0.25, 0.3) is 5.69 Å². The van der Waals surface area contributed by atoms with E-state index in [-0.39, 0.29) is 23.1 Å². The Labute approximate surface area is 215 Å². The lowest BCUT2D eigenvalue weighted by atomic mass is 10.1. The number of nitrogens with one attached hydrogen (secondary N) is 1. The highest BCUT2D eigenvalue weighted by atomic mass is 32.2. The number of phenols is 1. The van der Waals surface area contributed by atoms with Gasteiger partial charge in [0.1, 0.15) is 5.75 Å². The predicted octanol–water partition coefficient (Wildman–Crippen LogP) is 5.74. The molecule has 0 bridgehead atoms. The fourth-order valence-electron chi connectivity index (χ4n) is 3.93. The Morgan fingerprint density at radius 2 is 1.70 bits per heavy atom. The standard InChI is InChI=1S/C27H21N5O4S/c1-17-11-12-21(32(35)36)15-23(17)28-25(34)16-37-27-30-29-26(31(27)20-9-3-2-4-10-20)22-13-18-7-5-6-8-19(18)14-24(22)33/h2-15,33H,16H2,1H3,(H,28,34). The van der Waals surface area contributed by atoms with Crippen molar-refractivity contribution in [2.45, 2.75) is 12.1 Å². The molecule has 0 radical (unpaired) electrons. The molecule has 0 saturated heterocycles. The molecule has 184 valence electrons. The van der Waals surface area contributed by atoms with Gasteiger partial charge in [-0.2, -0.15) is 0 Å². The number of carbonyl (C=O) groups is 1. The fraction of sp³-hybridized carbons (Fsp3) is 0.0741. The molecule has 1 amide bonds. The van der Waals surface area contributed by atoms with Gasteiger partial charge < -0.3 is 10.4 Å². The smallest absolute Gasteiger partial charge is 0.271 e. The first-order chi connectivity index (χ1) is 17.9. The molecule has 0 aliphatic rings. The third-order valence-electron chi connectivity index (χ3n) is 5.79. The van der Waals surface area contributed by atoms with Crippen LogP contribution in [0, 0.1) is 17.0 Å². The van der Waals surface area contributed by atoms with Crippen LogP contribution in [0.2, 0.25) is 0 Å². The van der Waals surface area contributed by atoms with E-state index in [1.165, 1.54) is 23.9 Å². The molecule has 2 N–H and O–H groups in total. The number of carbonyl (C=O) groups excluding carboxylic acids is 1. The number of benzene rings is 4. The van der Waals surface area contributed by atoms with E-state index in [9.17, 15) is 20.0 Å². The van der Waals surface area contributed by atoms with E-state index < -0.39 is 4.92 Å². The molecule has 0 unspecified atom stereocenters. The van der Waals surface area contributed by atoms with Gasteiger partial charge in [-0.25, -0.2) is 0 Å². The zero-order valence-corrected chi connectivity index (χ0v) is 20.5. The molecule has 0 spiro atoms. The van der Waals surface area contributed by atoms with Crippen molar-refractivity contribution in [3.05, 3.63) is 101 Å². The molecule has 5 aromatic rings. The molecular weight excluding hydrogens is 490 g/mol. The number of phenolic OH excluding ortho intramolecular Hbond substituents is 1. The molecule has 37 heavy (non-hydrogen) atoms. The molecule has 0 fully saturated rings. The number of aryl methyl sites for hydroxylation is 1. The summed E-state index contributed by atoms with van der Waals surface area (Å²) in [6, 6.07) is 25.0. The van der Waals surface area contributed by atoms with Crippen molar-refractivity contribution in [2.75, 3.05) is 11.1 Å². The summed E-state index contributed by atoms with van der Waals surface area (Å²) in [6.45, 7) is 1.76. The number of thioether (sulfide) groups is 1. The van der Waals surface area contributed by atoms with Crippen molar-refractivity contribution in [3.63, 3.8) is 0 Å². The number of nitro groups is 1. The van der Waals surface area contributed by atoms with Gasteiger partial charge in [0.05, 0.1) is 21.9 Å². The topological polar surface area (TPSA) is 123 Å². The average molecular weight is 512 g/mol. The van der Waals surface area contributed by atoms with Crippen LogP contribution in [0.4, 0.5) is 11.4 Å². The second kappa shape index (κ2) is 10.1. The second-order valence-electron chi connectivity index (χ2n) is 8.29. The molecule has 1 heterocycles. The Hall–Kier alpha value is -4.70. The molecule has 10 heteroatoms. The minimum absolute atomic E-state index is 0.00317. The Balaban J connectivity index is 1.46. The SMILES string of the molecule is Cc1ccc([N+](=O)[O-])cc1NC(=O)CSc1nnc(-c2cc3ccccc3cc2O)n1-c1ccccc1. The van der Waals surface area contributed by atoms with Gasteiger partial charge in [-0.3, -0.25) is 19.5 Å². The van der Waals surface area contributed by atoms with Gasteiger partial charge in [0, 0.05) is 17.8 Å². The number of nitrogens with zero attached hydrogens (tertiary/aromatic N) is 4. The van der Waals surface area contributed by atoms with Crippen LogP contribution in [0.3, 0.4) is 0 Å². The average Bonchev–Trinajstić information content (AvgIpc) is 3.32. The van der Waals surface area contributed by atoms with Crippen molar-refractivity contribution in [3.8, 4) is 22.8 Å². The van der Waals surface area contributed by atoms with E-state index in [0.717, 1.165) is 16.5 Å². The van der Waals surface area contributed by atoms with Gasteiger partial charge in [-0.1, -0.05) is 60.3 Å². The molecule has 0 saturated carbocycles. The third-order valence-corrected chi connectivity index (χ3v) is 6.72. The van der Waals surface area contributed by atoms with E-state index in [0.29, 0.717) is 27.8 Å². The number of aromatic hydroxyl groups is 1. The Morgan fingerprint density at radius 1 is 1.00 bits per heavy atom. The van der Waals surface area contributed by atoms with Crippen LogP contribution in [0.5, 0.6) is 5.75 Å². The minimum Gasteiger partial charge on any atom is -0.507 e. The summed E-state index contributed by atoms with van der Waals surface area (Å²) < 4.78 is 1.79. The second-order valence-corrected chi connectivity index (χ2v) is 9.23. The lowest BCUT2D eigenvalue weighted by Crippen LogP contribution is -2.15. The fourth-order valence-corrected chi connectivity index (χ4v) is 4.68. The summed E-state index contributed by atoms with van der Waals surface area (Å²) >= 11 is 1.17. The van der Waals surface area contributed by atoms with Crippen molar-refractivity contribution in [1.29, 1.82) is 0 Å². The molecular formula is C27H21N5O4S. The Bertz CT molecular complexity index is 1640. The normalized spacial score (nSPS) is 10.9. The number of rotatable bonds is 7. The molecule has 9 nitrogen and oxygen atoms in total. The van der Waals surface area contributed by atoms with Crippen molar-refractivity contribution < 1.29 is 14.8 Å². The zero-order chi connectivity index (χ0) is 25.9. The third kappa shape index (κ3) is 5.00. The number of hydrogen-bond acceptors (Lipinski definition) is 7. The number of amides is 1. The summed E-state index contributed by atoms with van der Waals surface area (Å²) in [4.78, 5) is 23.3. The van der Waals surface area contributed by atoms with Crippen LogP contribution in [0.25, 0.3) is 27.8 Å². The van der Waals surface area contributed by atoms with Gasteiger partial charge >= 0.3 is 0 Å². The largest absolute Gasteiger partial charge is 0.507 e. The lowest BCUT2D eigenvalue weighted by molar-refractivity contribution is -0.384. The molecule has 0 aliphatic carbocycles. The summed E-state index contributed by atoms with van der Waals surface area (Å²) in [5, 5.41) is 35.6. The van der Waals surface area contributed by atoms with Crippen LogP contribution in [-0.4, -0.2) is 36.5 Å². The minimum atomic E-state index is -0.504. The van der Waals surface area contributed by atoms with E-state index in [2.05, 4.69) is 15.5 Å². The van der Waals surface area contributed by atoms with E-state index in [1.807, 2.05) is 60.7 Å². The first-order valence-electron chi connectivity index (χ1n) is 11.3. The highest BCUT2D eigenvalue weighted by molar-refractivity contribution is 7.99. The maximum absolute atomic E-state index is 12.7. The van der Waals surface area contributed by atoms with Crippen LogP contribution >= 0.6 is 11.8 Å². The highest BCUT2D eigenvalue weighted by Crippen LogP contribution is 2.35. The predicted molar refractivity (Wildman–Crippen MR) is 143 cm³/mol. The van der Waals surface area contributed by atoms with Crippen LogP contribution in [-0.2, 0) is 4.79 Å². The Kier molecular flexibility index (Phi) is 6.57. The van der Waals surface area contributed by atoms with Crippen molar-refractivity contribution in [1.82, 2.24) is 14.8 Å². The van der Waals surface area contributed by atoms with Gasteiger partial charge in [0.15, 0.2) is 11.0 Å². The maximum Gasteiger partial charge on any atom is 0.271 e. The number of anilines is 1. The van der Waals surface area contributed by atoms with Gasteiger partial charge in [0.2, 0.25) is 5.91 Å². The summed E-state index contributed by atoms with van der Waals surface area (Å²) in [5.41, 5.74) is 2.28.